The van der Waals surface area contributed by atoms with E-state index < -0.39 is 11.8 Å². The van der Waals surface area contributed by atoms with Crippen LogP contribution in [0, 0.1) is 5.92 Å². The van der Waals surface area contributed by atoms with Crippen molar-refractivity contribution in [1.29, 1.82) is 0 Å². The maximum absolute atomic E-state index is 12.5. The third kappa shape index (κ3) is 3.94. The highest BCUT2D eigenvalue weighted by Crippen LogP contribution is 2.24. The largest absolute Gasteiger partial charge is 0.450 e. The van der Waals surface area contributed by atoms with Crippen molar-refractivity contribution in [1.82, 2.24) is 14.8 Å². The van der Waals surface area contributed by atoms with Crippen LogP contribution in [-0.2, 0) is 14.4 Å². The Labute approximate surface area is 155 Å². The van der Waals surface area contributed by atoms with Crippen molar-refractivity contribution in [3.63, 3.8) is 0 Å². The number of carbonyl (C=O) groups is 3. The molecular weight excluding hydrogens is 358 g/mol. The SMILES string of the molecule is C=CC(=O)N1CCC(CN2C(=O)C=C(Oc3cncc(Cl)c3)C2=O)CC1. The van der Waals surface area contributed by atoms with Crippen LogP contribution in [0.3, 0.4) is 0 Å². The van der Waals surface area contributed by atoms with E-state index in [1.54, 1.807) is 4.90 Å². The van der Waals surface area contributed by atoms with E-state index in [9.17, 15) is 14.4 Å². The summed E-state index contributed by atoms with van der Waals surface area (Å²) in [6.45, 7) is 4.98. The normalized spacial score (nSPS) is 18.1. The Kier molecular flexibility index (Phi) is 5.37. The van der Waals surface area contributed by atoms with E-state index in [1.807, 2.05) is 0 Å². The molecule has 7 nitrogen and oxygen atoms in total. The molecule has 3 rings (SSSR count). The lowest BCUT2D eigenvalue weighted by Crippen LogP contribution is -2.42. The molecule has 1 fully saturated rings. The number of piperidine rings is 1. The number of likely N-dealkylation sites (tertiary alicyclic amines) is 1. The molecule has 136 valence electrons. The summed E-state index contributed by atoms with van der Waals surface area (Å²) in [5, 5.41) is 0.373. The fraction of sp³-hybridized carbons (Fsp3) is 0.333. The number of pyridine rings is 1. The van der Waals surface area contributed by atoms with Crippen LogP contribution in [0.15, 0.2) is 43.0 Å². The second kappa shape index (κ2) is 7.70. The molecule has 0 bridgehead atoms. The molecule has 1 saturated heterocycles. The zero-order valence-electron chi connectivity index (χ0n) is 14.1. The average Bonchev–Trinajstić information content (AvgIpc) is 2.89. The molecule has 2 aliphatic rings. The summed E-state index contributed by atoms with van der Waals surface area (Å²) in [4.78, 5) is 43.0. The lowest BCUT2D eigenvalue weighted by molar-refractivity contribution is -0.139. The second-order valence-corrected chi connectivity index (χ2v) is 6.61. The molecule has 0 aliphatic carbocycles. The zero-order chi connectivity index (χ0) is 18.7. The third-order valence-corrected chi connectivity index (χ3v) is 4.63. The van der Waals surface area contributed by atoms with Gasteiger partial charge >= 0.3 is 0 Å². The fourth-order valence-electron chi connectivity index (χ4n) is 3.03. The molecule has 0 unspecified atom stereocenters. The van der Waals surface area contributed by atoms with Crippen molar-refractivity contribution >= 4 is 29.3 Å². The number of hydrogen-bond donors (Lipinski definition) is 0. The number of ether oxygens (including phenoxy) is 1. The predicted molar refractivity (Wildman–Crippen MR) is 94.2 cm³/mol. The van der Waals surface area contributed by atoms with Crippen LogP contribution >= 0.6 is 11.6 Å². The predicted octanol–water partition coefficient (Wildman–Crippen LogP) is 1.79. The molecular formula is C18H18ClN3O4. The van der Waals surface area contributed by atoms with Crippen LogP contribution in [0.2, 0.25) is 5.02 Å². The molecule has 2 aliphatic heterocycles. The van der Waals surface area contributed by atoms with E-state index in [0.717, 1.165) is 12.8 Å². The first-order chi connectivity index (χ1) is 12.5. The van der Waals surface area contributed by atoms with Gasteiger partial charge in [0.15, 0.2) is 5.76 Å². The molecule has 3 heterocycles. The van der Waals surface area contributed by atoms with Gasteiger partial charge in [0, 0.05) is 31.9 Å². The van der Waals surface area contributed by atoms with Gasteiger partial charge in [-0.15, -0.1) is 0 Å². The van der Waals surface area contributed by atoms with Crippen molar-refractivity contribution in [2.75, 3.05) is 19.6 Å². The molecule has 0 spiro atoms. The van der Waals surface area contributed by atoms with Crippen molar-refractivity contribution in [2.45, 2.75) is 12.8 Å². The van der Waals surface area contributed by atoms with Gasteiger partial charge in [0.25, 0.3) is 11.8 Å². The molecule has 0 N–H and O–H groups in total. The van der Waals surface area contributed by atoms with Gasteiger partial charge in [0.2, 0.25) is 5.91 Å². The van der Waals surface area contributed by atoms with Gasteiger partial charge in [0.1, 0.15) is 5.75 Å². The van der Waals surface area contributed by atoms with Crippen molar-refractivity contribution < 1.29 is 19.1 Å². The molecule has 3 amide bonds. The Bertz CT molecular complexity index is 784. The summed E-state index contributed by atoms with van der Waals surface area (Å²) >= 11 is 5.84. The molecule has 0 radical (unpaired) electrons. The van der Waals surface area contributed by atoms with Gasteiger partial charge in [-0.25, -0.2) is 0 Å². The number of imide groups is 1. The quantitative estimate of drug-likeness (QED) is 0.579. The number of aromatic nitrogens is 1. The van der Waals surface area contributed by atoms with E-state index in [-0.39, 0.29) is 17.6 Å². The van der Waals surface area contributed by atoms with E-state index >= 15 is 0 Å². The second-order valence-electron chi connectivity index (χ2n) is 6.18. The number of amides is 3. The van der Waals surface area contributed by atoms with Crippen LogP contribution < -0.4 is 4.74 Å². The average molecular weight is 376 g/mol. The van der Waals surface area contributed by atoms with E-state index in [4.69, 9.17) is 16.3 Å². The van der Waals surface area contributed by atoms with Gasteiger partial charge in [-0.1, -0.05) is 18.2 Å². The topological polar surface area (TPSA) is 79.8 Å². The zero-order valence-corrected chi connectivity index (χ0v) is 14.8. The lowest BCUT2D eigenvalue weighted by Gasteiger charge is -2.32. The standard InChI is InChI=1S/C18H18ClN3O4/c1-2-16(23)21-5-3-12(4-6-21)11-22-17(24)8-15(18(22)25)26-14-7-13(19)9-20-10-14/h2,7-10,12H,1,3-6,11H2. The van der Waals surface area contributed by atoms with Crippen molar-refractivity contribution in [2.24, 2.45) is 5.92 Å². The van der Waals surface area contributed by atoms with Gasteiger partial charge < -0.3 is 9.64 Å². The minimum absolute atomic E-state index is 0.0432. The smallest absolute Gasteiger partial charge is 0.296 e. The van der Waals surface area contributed by atoms with E-state index in [2.05, 4.69) is 11.6 Å². The summed E-state index contributed by atoms with van der Waals surface area (Å²) < 4.78 is 5.46. The van der Waals surface area contributed by atoms with Crippen LogP contribution in [0.25, 0.3) is 0 Å². The fourth-order valence-corrected chi connectivity index (χ4v) is 3.19. The van der Waals surface area contributed by atoms with Gasteiger partial charge in [-0.3, -0.25) is 24.3 Å². The summed E-state index contributed by atoms with van der Waals surface area (Å²) in [5.74, 6) is -0.563. The monoisotopic (exact) mass is 375 g/mol. The molecule has 0 saturated carbocycles. The first-order valence-corrected chi connectivity index (χ1v) is 8.63. The Morgan fingerprint density at radius 3 is 2.73 bits per heavy atom. The van der Waals surface area contributed by atoms with E-state index in [1.165, 1.54) is 35.5 Å². The van der Waals surface area contributed by atoms with Crippen LogP contribution in [0.4, 0.5) is 0 Å². The summed E-state index contributed by atoms with van der Waals surface area (Å²) in [6.07, 6.45) is 6.79. The minimum Gasteiger partial charge on any atom is -0.450 e. The first-order valence-electron chi connectivity index (χ1n) is 8.25. The Hall–Kier alpha value is -2.67. The minimum atomic E-state index is -0.473. The van der Waals surface area contributed by atoms with Crippen molar-refractivity contribution in [3.8, 4) is 5.75 Å². The Morgan fingerprint density at radius 1 is 1.35 bits per heavy atom. The first kappa shape index (κ1) is 18.1. The molecule has 0 atom stereocenters. The number of halogens is 1. The van der Waals surface area contributed by atoms with Gasteiger partial charge in [-0.05, 0) is 24.8 Å². The number of carbonyl (C=O) groups excluding carboxylic acids is 3. The summed E-state index contributed by atoms with van der Waals surface area (Å²) in [7, 11) is 0. The summed E-state index contributed by atoms with van der Waals surface area (Å²) in [6, 6.07) is 1.52. The Balaban J connectivity index is 1.58. The van der Waals surface area contributed by atoms with Crippen LogP contribution in [0.5, 0.6) is 5.75 Å². The van der Waals surface area contributed by atoms with Gasteiger partial charge in [0.05, 0.1) is 17.3 Å². The molecule has 1 aromatic heterocycles. The van der Waals surface area contributed by atoms with Crippen LogP contribution in [-0.4, -0.2) is 52.1 Å². The summed E-state index contributed by atoms with van der Waals surface area (Å²) in [5.41, 5.74) is 0. The highest BCUT2D eigenvalue weighted by atomic mass is 35.5. The van der Waals surface area contributed by atoms with Gasteiger partial charge in [-0.2, -0.15) is 0 Å². The lowest BCUT2D eigenvalue weighted by atomic mass is 9.96. The molecule has 26 heavy (non-hydrogen) atoms. The number of hydrogen-bond acceptors (Lipinski definition) is 5. The number of rotatable bonds is 5. The highest BCUT2D eigenvalue weighted by Gasteiger charge is 2.35. The maximum atomic E-state index is 12.5. The molecule has 1 aromatic rings. The number of nitrogens with zero attached hydrogens (tertiary/aromatic N) is 3. The Morgan fingerprint density at radius 2 is 2.08 bits per heavy atom. The van der Waals surface area contributed by atoms with Crippen molar-refractivity contribution in [3.05, 3.63) is 48.0 Å². The maximum Gasteiger partial charge on any atom is 0.296 e. The van der Waals surface area contributed by atoms with E-state index in [0.29, 0.717) is 30.4 Å². The molecule has 0 aromatic carbocycles. The third-order valence-electron chi connectivity index (χ3n) is 4.43. The van der Waals surface area contributed by atoms with Crippen LogP contribution in [0.1, 0.15) is 12.8 Å². The highest BCUT2D eigenvalue weighted by molar-refractivity contribution is 6.30. The molecule has 8 heteroatoms.